The van der Waals surface area contributed by atoms with E-state index < -0.39 is 0 Å². The summed E-state index contributed by atoms with van der Waals surface area (Å²) in [6.45, 7) is 2.78. The highest BCUT2D eigenvalue weighted by molar-refractivity contribution is 4.95. The summed E-state index contributed by atoms with van der Waals surface area (Å²) in [5.74, 6) is 1.79. The van der Waals surface area contributed by atoms with E-state index in [1.54, 1.807) is 13.2 Å². The van der Waals surface area contributed by atoms with Crippen molar-refractivity contribution in [2.24, 2.45) is 7.05 Å². The minimum Gasteiger partial charge on any atom is -0.327 e. The zero-order valence-corrected chi connectivity index (χ0v) is 8.96. The molecule has 0 aliphatic heterocycles. The molecule has 2 aromatic rings. The topological polar surface area (TPSA) is 61.4 Å². The monoisotopic (exact) mass is 206 g/mol. The highest BCUT2D eigenvalue weighted by Gasteiger charge is 2.05. The molecule has 2 heterocycles. The molecular weight excluding hydrogens is 192 g/mol. The second kappa shape index (κ2) is 4.20. The van der Waals surface area contributed by atoms with Crippen molar-refractivity contribution in [2.75, 3.05) is 0 Å². The Balaban J connectivity index is 2.13. The van der Waals surface area contributed by atoms with Gasteiger partial charge in [-0.25, -0.2) is 4.98 Å². The van der Waals surface area contributed by atoms with E-state index in [9.17, 15) is 0 Å². The molecule has 0 fully saturated rings. The molecule has 0 radical (unpaired) electrons. The van der Waals surface area contributed by atoms with Gasteiger partial charge in [-0.05, 0) is 11.6 Å². The molecule has 0 unspecified atom stereocenters. The third-order valence-corrected chi connectivity index (χ3v) is 2.14. The highest BCUT2D eigenvalue weighted by atomic mass is 15.6. The molecule has 6 heteroatoms. The van der Waals surface area contributed by atoms with Crippen LogP contribution in [-0.2, 0) is 20.0 Å². The standard InChI is InChI=1S/C9H14N6/c1-3-4-9-10-5-6-15(9)7-8-11-13-14(2)12-8/h5-6H,3-4,7H2,1-2H3. The maximum Gasteiger partial charge on any atom is 0.194 e. The predicted molar refractivity (Wildman–Crippen MR) is 54.1 cm³/mol. The number of nitrogens with zero attached hydrogens (tertiary/aromatic N) is 6. The first-order chi connectivity index (χ1) is 7.29. The zero-order valence-electron chi connectivity index (χ0n) is 8.96. The van der Waals surface area contributed by atoms with Gasteiger partial charge in [0.2, 0.25) is 0 Å². The van der Waals surface area contributed by atoms with Crippen molar-refractivity contribution in [2.45, 2.75) is 26.3 Å². The van der Waals surface area contributed by atoms with E-state index in [-0.39, 0.29) is 0 Å². The average molecular weight is 206 g/mol. The molecule has 6 nitrogen and oxygen atoms in total. The van der Waals surface area contributed by atoms with E-state index in [1.165, 1.54) is 4.80 Å². The van der Waals surface area contributed by atoms with Crippen molar-refractivity contribution in [1.29, 1.82) is 0 Å². The molecule has 0 spiro atoms. The molecule has 0 bridgehead atoms. The lowest BCUT2D eigenvalue weighted by Crippen LogP contribution is -2.06. The Morgan fingerprint density at radius 1 is 1.40 bits per heavy atom. The van der Waals surface area contributed by atoms with E-state index in [0.717, 1.165) is 18.7 Å². The Labute approximate surface area is 87.9 Å². The van der Waals surface area contributed by atoms with Crippen LogP contribution in [0.15, 0.2) is 12.4 Å². The second-order valence-corrected chi connectivity index (χ2v) is 3.42. The van der Waals surface area contributed by atoms with E-state index in [2.05, 4.69) is 31.9 Å². The predicted octanol–water partition coefficient (Wildman–Crippen LogP) is 0.407. The molecule has 0 saturated heterocycles. The van der Waals surface area contributed by atoms with Gasteiger partial charge in [0.25, 0.3) is 0 Å². The molecule has 0 aromatic carbocycles. The molecule has 0 N–H and O–H groups in total. The van der Waals surface area contributed by atoms with Crippen molar-refractivity contribution in [3.05, 3.63) is 24.0 Å². The minimum absolute atomic E-state index is 0.642. The fourth-order valence-corrected chi connectivity index (χ4v) is 1.47. The average Bonchev–Trinajstić information content (AvgIpc) is 2.78. The van der Waals surface area contributed by atoms with E-state index >= 15 is 0 Å². The van der Waals surface area contributed by atoms with Gasteiger partial charge < -0.3 is 4.57 Å². The van der Waals surface area contributed by atoms with Gasteiger partial charge in [-0.1, -0.05) is 6.92 Å². The van der Waals surface area contributed by atoms with Crippen LogP contribution in [0.25, 0.3) is 0 Å². The van der Waals surface area contributed by atoms with E-state index in [0.29, 0.717) is 12.4 Å². The fourth-order valence-electron chi connectivity index (χ4n) is 1.47. The number of tetrazole rings is 1. The van der Waals surface area contributed by atoms with Crippen molar-refractivity contribution in [1.82, 2.24) is 29.8 Å². The van der Waals surface area contributed by atoms with Crippen LogP contribution in [0, 0.1) is 0 Å². The van der Waals surface area contributed by atoms with E-state index in [4.69, 9.17) is 0 Å². The van der Waals surface area contributed by atoms with Crippen LogP contribution in [0.1, 0.15) is 25.0 Å². The van der Waals surface area contributed by atoms with E-state index in [1.807, 2.05) is 6.20 Å². The summed E-state index contributed by atoms with van der Waals surface area (Å²) in [5, 5.41) is 11.9. The summed E-state index contributed by atoms with van der Waals surface area (Å²) in [4.78, 5) is 5.75. The lowest BCUT2D eigenvalue weighted by atomic mass is 10.3. The van der Waals surface area contributed by atoms with Gasteiger partial charge in [0.15, 0.2) is 5.82 Å². The zero-order chi connectivity index (χ0) is 10.7. The molecule has 0 atom stereocenters. The maximum absolute atomic E-state index is 4.29. The number of imidazole rings is 1. The Hall–Kier alpha value is -1.72. The van der Waals surface area contributed by atoms with Crippen LogP contribution in [0.4, 0.5) is 0 Å². The van der Waals surface area contributed by atoms with Crippen LogP contribution >= 0.6 is 0 Å². The highest BCUT2D eigenvalue weighted by Crippen LogP contribution is 2.03. The largest absolute Gasteiger partial charge is 0.327 e. The Morgan fingerprint density at radius 2 is 2.27 bits per heavy atom. The van der Waals surface area contributed by atoms with Crippen LogP contribution in [0.5, 0.6) is 0 Å². The number of hydrogen-bond acceptors (Lipinski definition) is 4. The van der Waals surface area contributed by atoms with Crippen molar-refractivity contribution in [3.63, 3.8) is 0 Å². The molecule has 0 aliphatic carbocycles. The summed E-state index contributed by atoms with van der Waals surface area (Å²) in [6.07, 6.45) is 5.82. The number of rotatable bonds is 4. The summed E-state index contributed by atoms with van der Waals surface area (Å²) in [6, 6.07) is 0. The van der Waals surface area contributed by atoms with Crippen LogP contribution in [-0.4, -0.2) is 29.8 Å². The fraction of sp³-hybridized carbons (Fsp3) is 0.556. The van der Waals surface area contributed by atoms with Crippen molar-refractivity contribution >= 4 is 0 Å². The van der Waals surface area contributed by atoms with Gasteiger partial charge >= 0.3 is 0 Å². The Kier molecular flexibility index (Phi) is 2.75. The molecular formula is C9H14N6. The first-order valence-corrected chi connectivity index (χ1v) is 5.02. The summed E-state index contributed by atoms with van der Waals surface area (Å²) in [7, 11) is 1.76. The van der Waals surface area contributed by atoms with Gasteiger partial charge in [-0.15, -0.1) is 10.2 Å². The van der Waals surface area contributed by atoms with Gasteiger partial charge in [-0.2, -0.15) is 4.80 Å². The third-order valence-electron chi connectivity index (χ3n) is 2.14. The van der Waals surface area contributed by atoms with Gasteiger partial charge in [0.05, 0.1) is 13.6 Å². The summed E-state index contributed by atoms with van der Waals surface area (Å²) >= 11 is 0. The van der Waals surface area contributed by atoms with Gasteiger partial charge in [0, 0.05) is 18.8 Å². The van der Waals surface area contributed by atoms with Crippen LogP contribution in [0.3, 0.4) is 0 Å². The Morgan fingerprint density at radius 3 is 2.93 bits per heavy atom. The first kappa shape index (κ1) is 9.82. The second-order valence-electron chi connectivity index (χ2n) is 3.42. The molecule has 80 valence electrons. The Bertz CT molecular complexity index is 429. The maximum atomic E-state index is 4.29. The molecule has 2 aromatic heterocycles. The molecule has 0 aliphatic rings. The van der Waals surface area contributed by atoms with Crippen molar-refractivity contribution in [3.8, 4) is 0 Å². The number of hydrogen-bond donors (Lipinski definition) is 0. The normalized spacial score (nSPS) is 10.8. The van der Waals surface area contributed by atoms with Gasteiger partial charge in [0.1, 0.15) is 5.82 Å². The van der Waals surface area contributed by atoms with Crippen molar-refractivity contribution < 1.29 is 0 Å². The summed E-state index contributed by atoms with van der Waals surface area (Å²) in [5.41, 5.74) is 0. The smallest absolute Gasteiger partial charge is 0.194 e. The molecule has 0 saturated carbocycles. The van der Waals surface area contributed by atoms with Gasteiger partial charge in [-0.3, -0.25) is 0 Å². The SMILES string of the molecule is CCCc1nccn1Cc1nnn(C)n1. The minimum atomic E-state index is 0.642. The number of aromatic nitrogens is 6. The van der Waals surface area contributed by atoms with Crippen LogP contribution in [0.2, 0.25) is 0 Å². The molecule has 15 heavy (non-hydrogen) atoms. The van der Waals surface area contributed by atoms with Crippen LogP contribution < -0.4 is 0 Å². The summed E-state index contributed by atoms with van der Waals surface area (Å²) < 4.78 is 2.06. The number of aryl methyl sites for hydroxylation is 2. The first-order valence-electron chi connectivity index (χ1n) is 5.02. The lowest BCUT2D eigenvalue weighted by molar-refractivity contribution is 0.622. The third kappa shape index (κ3) is 2.20. The molecule has 0 amide bonds. The lowest BCUT2D eigenvalue weighted by Gasteiger charge is -2.02. The molecule has 2 rings (SSSR count). The quantitative estimate of drug-likeness (QED) is 0.726.